The highest BCUT2D eigenvalue weighted by Crippen LogP contribution is 2.27. The molecule has 1 saturated heterocycles. The molecule has 1 saturated carbocycles. The summed E-state index contributed by atoms with van der Waals surface area (Å²) in [5, 5.41) is 5.49. The van der Waals surface area contributed by atoms with Gasteiger partial charge in [-0.1, -0.05) is 49.6 Å². The third kappa shape index (κ3) is 5.78. The number of nitrogens with zero attached hydrogens (tertiary/aromatic N) is 1. The maximum Gasteiger partial charge on any atom is 0.247 e. The molecule has 2 fully saturated rings. The average Bonchev–Trinajstić information content (AvgIpc) is 3.33. The molecule has 1 unspecified atom stereocenters. The van der Waals surface area contributed by atoms with Crippen molar-refractivity contribution in [3.63, 3.8) is 0 Å². The van der Waals surface area contributed by atoms with E-state index in [1.807, 2.05) is 30.3 Å². The van der Waals surface area contributed by atoms with Gasteiger partial charge in [-0.25, -0.2) is 4.39 Å². The van der Waals surface area contributed by atoms with Gasteiger partial charge in [-0.3, -0.25) is 14.4 Å². The minimum absolute atomic E-state index is 0.0619. The Bertz CT molecular complexity index is 1010. The highest BCUT2D eigenvalue weighted by atomic mass is 19.1. The van der Waals surface area contributed by atoms with Crippen molar-refractivity contribution >= 4 is 29.1 Å². The third-order valence-corrected chi connectivity index (χ3v) is 6.54. The Balaban J connectivity index is 1.39. The number of likely N-dealkylation sites (tertiary alicyclic amines) is 1. The number of halogens is 1. The monoisotopic (exact) mass is 451 g/mol. The lowest BCUT2D eigenvalue weighted by Gasteiger charge is -2.24. The number of hydrogen-bond donors (Lipinski definition) is 2. The molecule has 0 aromatic heterocycles. The van der Waals surface area contributed by atoms with Gasteiger partial charge < -0.3 is 15.5 Å². The SMILES string of the molecule is O=C(Nc1cc(NC(=O)C2CCCN2C(=O)Cc2ccccc2)ccc1F)C1CCCCC1. The summed E-state index contributed by atoms with van der Waals surface area (Å²) in [5.41, 5.74) is 1.36. The van der Waals surface area contributed by atoms with E-state index in [2.05, 4.69) is 10.6 Å². The van der Waals surface area contributed by atoms with E-state index in [9.17, 15) is 18.8 Å². The zero-order valence-corrected chi connectivity index (χ0v) is 18.7. The average molecular weight is 452 g/mol. The van der Waals surface area contributed by atoms with E-state index in [4.69, 9.17) is 0 Å². The van der Waals surface area contributed by atoms with E-state index in [-0.39, 0.29) is 35.7 Å². The van der Waals surface area contributed by atoms with Crippen molar-refractivity contribution in [2.75, 3.05) is 17.2 Å². The Morgan fingerprint density at radius 2 is 1.64 bits per heavy atom. The van der Waals surface area contributed by atoms with Gasteiger partial charge in [0.15, 0.2) is 0 Å². The highest BCUT2D eigenvalue weighted by molar-refractivity contribution is 5.99. The number of hydrogen-bond acceptors (Lipinski definition) is 3. The topological polar surface area (TPSA) is 78.5 Å². The van der Waals surface area contributed by atoms with Crippen LogP contribution in [-0.4, -0.2) is 35.2 Å². The molecule has 7 heteroatoms. The van der Waals surface area contributed by atoms with Crippen LogP contribution in [0.2, 0.25) is 0 Å². The van der Waals surface area contributed by atoms with Crippen LogP contribution in [0.3, 0.4) is 0 Å². The number of amides is 3. The van der Waals surface area contributed by atoms with Crippen LogP contribution in [0.4, 0.5) is 15.8 Å². The van der Waals surface area contributed by atoms with Crippen LogP contribution in [0.25, 0.3) is 0 Å². The van der Waals surface area contributed by atoms with Crippen molar-refractivity contribution in [2.24, 2.45) is 5.92 Å². The Morgan fingerprint density at radius 3 is 2.39 bits per heavy atom. The van der Waals surface area contributed by atoms with Crippen molar-refractivity contribution < 1.29 is 18.8 Å². The first kappa shape index (κ1) is 23.0. The van der Waals surface area contributed by atoms with Crippen molar-refractivity contribution in [1.29, 1.82) is 0 Å². The maximum absolute atomic E-state index is 14.3. The molecule has 1 heterocycles. The molecule has 4 rings (SSSR count). The van der Waals surface area contributed by atoms with Gasteiger partial charge >= 0.3 is 0 Å². The fourth-order valence-corrected chi connectivity index (χ4v) is 4.73. The molecule has 1 aliphatic heterocycles. The molecule has 174 valence electrons. The zero-order chi connectivity index (χ0) is 23.2. The summed E-state index contributed by atoms with van der Waals surface area (Å²) in [5.74, 6) is -1.20. The first-order valence-electron chi connectivity index (χ1n) is 11.8. The zero-order valence-electron chi connectivity index (χ0n) is 18.7. The summed E-state index contributed by atoms with van der Waals surface area (Å²) in [6, 6.07) is 13.0. The molecule has 3 amide bonds. The largest absolute Gasteiger partial charge is 0.330 e. The van der Waals surface area contributed by atoms with E-state index < -0.39 is 11.9 Å². The molecule has 1 atom stereocenters. The molecule has 0 radical (unpaired) electrons. The second kappa shape index (κ2) is 10.6. The van der Waals surface area contributed by atoms with Gasteiger partial charge in [-0.05, 0) is 49.4 Å². The number of nitrogens with one attached hydrogen (secondary N) is 2. The van der Waals surface area contributed by atoms with Crippen LogP contribution in [0.5, 0.6) is 0 Å². The van der Waals surface area contributed by atoms with E-state index in [0.717, 1.165) is 44.1 Å². The van der Waals surface area contributed by atoms with Crippen LogP contribution in [0.1, 0.15) is 50.5 Å². The number of rotatable bonds is 6. The molecule has 0 bridgehead atoms. The fourth-order valence-electron chi connectivity index (χ4n) is 4.73. The Morgan fingerprint density at radius 1 is 0.879 bits per heavy atom. The molecule has 2 N–H and O–H groups in total. The van der Waals surface area contributed by atoms with Gasteiger partial charge in [0, 0.05) is 18.2 Å². The molecule has 0 spiro atoms. The summed E-state index contributed by atoms with van der Waals surface area (Å²) in [6.07, 6.45) is 6.37. The van der Waals surface area contributed by atoms with Gasteiger partial charge in [0.25, 0.3) is 0 Å². The lowest BCUT2D eigenvalue weighted by Crippen LogP contribution is -2.43. The Hall–Kier alpha value is -3.22. The molecule has 1 aliphatic carbocycles. The summed E-state index contributed by atoms with van der Waals surface area (Å²) >= 11 is 0. The predicted octanol–water partition coefficient (Wildman–Crippen LogP) is 4.52. The standard InChI is InChI=1S/C26H30FN3O3/c27-21-14-13-20(17-22(21)29-25(32)19-10-5-2-6-11-19)28-26(33)23-12-7-15-30(23)24(31)16-18-8-3-1-4-9-18/h1,3-4,8-9,13-14,17,19,23H,2,5-7,10-12,15-16H2,(H,28,33)(H,29,32). The van der Waals surface area contributed by atoms with Crippen molar-refractivity contribution in [3.8, 4) is 0 Å². The third-order valence-electron chi connectivity index (χ3n) is 6.54. The van der Waals surface area contributed by atoms with E-state index in [1.165, 1.54) is 18.2 Å². The van der Waals surface area contributed by atoms with Crippen LogP contribution >= 0.6 is 0 Å². The Labute approximate surface area is 193 Å². The van der Waals surface area contributed by atoms with Crippen molar-refractivity contribution in [3.05, 3.63) is 59.9 Å². The lowest BCUT2D eigenvalue weighted by atomic mass is 9.88. The predicted molar refractivity (Wildman–Crippen MR) is 125 cm³/mol. The van der Waals surface area contributed by atoms with Crippen LogP contribution < -0.4 is 10.6 Å². The van der Waals surface area contributed by atoms with Gasteiger partial charge in [-0.2, -0.15) is 0 Å². The highest BCUT2D eigenvalue weighted by Gasteiger charge is 2.34. The minimum atomic E-state index is -0.563. The normalized spacial score (nSPS) is 18.7. The lowest BCUT2D eigenvalue weighted by molar-refractivity contribution is -0.136. The van der Waals surface area contributed by atoms with E-state index >= 15 is 0 Å². The second-order valence-electron chi connectivity index (χ2n) is 8.92. The Kier molecular flexibility index (Phi) is 7.37. The number of benzene rings is 2. The van der Waals surface area contributed by atoms with E-state index in [0.29, 0.717) is 18.7 Å². The van der Waals surface area contributed by atoms with Gasteiger partial charge in [-0.15, -0.1) is 0 Å². The number of carbonyl (C=O) groups excluding carboxylic acids is 3. The van der Waals surface area contributed by atoms with Crippen LogP contribution in [-0.2, 0) is 20.8 Å². The van der Waals surface area contributed by atoms with Gasteiger partial charge in [0.1, 0.15) is 11.9 Å². The van der Waals surface area contributed by atoms with Crippen molar-refractivity contribution in [1.82, 2.24) is 4.90 Å². The molecule has 6 nitrogen and oxygen atoms in total. The second-order valence-corrected chi connectivity index (χ2v) is 8.92. The van der Waals surface area contributed by atoms with Crippen LogP contribution in [0.15, 0.2) is 48.5 Å². The van der Waals surface area contributed by atoms with Crippen LogP contribution in [0, 0.1) is 11.7 Å². The molecular formula is C26H30FN3O3. The summed E-state index contributed by atoms with van der Waals surface area (Å²) in [6.45, 7) is 0.538. The molecule has 2 aromatic rings. The molecule has 33 heavy (non-hydrogen) atoms. The molecular weight excluding hydrogens is 421 g/mol. The van der Waals surface area contributed by atoms with Gasteiger partial charge in [0.2, 0.25) is 17.7 Å². The van der Waals surface area contributed by atoms with Crippen molar-refractivity contribution in [2.45, 2.75) is 57.4 Å². The summed E-state index contributed by atoms with van der Waals surface area (Å²) < 4.78 is 14.3. The maximum atomic E-state index is 14.3. The summed E-state index contributed by atoms with van der Waals surface area (Å²) in [7, 11) is 0. The quantitative estimate of drug-likeness (QED) is 0.678. The van der Waals surface area contributed by atoms with Gasteiger partial charge in [0.05, 0.1) is 12.1 Å². The molecule has 2 aliphatic rings. The summed E-state index contributed by atoms with van der Waals surface area (Å²) in [4.78, 5) is 39.9. The van der Waals surface area contributed by atoms with E-state index in [1.54, 1.807) is 4.90 Å². The smallest absolute Gasteiger partial charge is 0.247 e. The molecule has 2 aromatic carbocycles. The number of carbonyl (C=O) groups is 3. The number of anilines is 2. The minimum Gasteiger partial charge on any atom is -0.330 e. The first-order chi connectivity index (χ1) is 16.0. The first-order valence-corrected chi connectivity index (χ1v) is 11.8. The fraction of sp³-hybridized carbons (Fsp3) is 0.423.